The summed E-state index contributed by atoms with van der Waals surface area (Å²) < 4.78 is 10.9. The van der Waals surface area contributed by atoms with Crippen LogP contribution in [0.1, 0.15) is 31.0 Å². The number of aliphatic imine (C=N–C) groups is 1. The minimum atomic E-state index is -0.586. The number of rotatable bonds is 5. The van der Waals surface area contributed by atoms with E-state index in [1.807, 2.05) is 61.5 Å². The fourth-order valence-electron chi connectivity index (χ4n) is 3.57. The summed E-state index contributed by atoms with van der Waals surface area (Å²) in [4.78, 5) is 32.2. The molecule has 30 heavy (non-hydrogen) atoms. The monoisotopic (exact) mass is 422 g/mol. The van der Waals surface area contributed by atoms with E-state index in [0.717, 1.165) is 11.1 Å². The largest absolute Gasteiger partial charge is 0.497 e. The van der Waals surface area contributed by atoms with Gasteiger partial charge in [0.25, 0.3) is 0 Å². The van der Waals surface area contributed by atoms with Crippen molar-refractivity contribution in [2.45, 2.75) is 31.7 Å². The highest BCUT2D eigenvalue weighted by Gasteiger charge is 2.46. The number of amidine groups is 1. The topological polar surface area (TPSA) is 68.2 Å². The predicted octanol–water partition coefficient (Wildman–Crippen LogP) is 4.09. The first kappa shape index (κ1) is 20.2. The van der Waals surface area contributed by atoms with Crippen LogP contribution in [0.2, 0.25) is 0 Å². The second-order valence-electron chi connectivity index (χ2n) is 7.10. The Kier molecular flexibility index (Phi) is 5.63. The zero-order valence-electron chi connectivity index (χ0n) is 17.0. The van der Waals surface area contributed by atoms with Crippen molar-refractivity contribution in [3.05, 3.63) is 77.0 Å². The van der Waals surface area contributed by atoms with Crippen molar-refractivity contribution in [2.75, 3.05) is 7.11 Å². The van der Waals surface area contributed by atoms with Gasteiger partial charge in [0.05, 0.1) is 29.7 Å². The van der Waals surface area contributed by atoms with Crippen LogP contribution in [0.25, 0.3) is 0 Å². The van der Waals surface area contributed by atoms with E-state index in [9.17, 15) is 9.59 Å². The van der Waals surface area contributed by atoms with Gasteiger partial charge >= 0.3 is 5.97 Å². The van der Waals surface area contributed by atoms with Gasteiger partial charge in [-0.1, -0.05) is 54.2 Å². The van der Waals surface area contributed by atoms with Gasteiger partial charge in [-0.2, -0.15) is 0 Å². The van der Waals surface area contributed by atoms with Crippen molar-refractivity contribution in [1.29, 1.82) is 0 Å². The normalized spacial score (nSPS) is 20.7. The van der Waals surface area contributed by atoms with Gasteiger partial charge in [-0.25, -0.2) is 9.79 Å². The third-order valence-corrected chi connectivity index (χ3v) is 6.18. The van der Waals surface area contributed by atoms with Gasteiger partial charge in [0.15, 0.2) is 5.17 Å². The van der Waals surface area contributed by atoms with Crippen LogP contribution >= 0.6 is 11.8 Å². The molecule has 0 spiro atoms. The second kappa shape index (κ2) is 8.36. The third kappa shape index (κ3) is 3.73. The lowest BCUT2D eigenvalue weighted by Crippen LogP contribution is -2.40. The van der Waals surface area contributed by atoms with Gasteiger partial charge in [0.1, 0.15) is 12.4 Å². The van der Waals surface area contributed by atoms with E-state index in [0.29, 0.717) is 22.2 Å². The average Bonchev–Trinajstić information content (AvgIpc) is 3.05. The van der Waals surface area contributed by atoms with Crippen LogP contribution in [-0.2, 0) is 20.9 Å². The maximum absolute atomic E-state index is 13.1. The van der Waals surface area contributed by atoms with Crippen molar-refractivity contribution in [2.24, 2.45) is 4.99 Å². The lowest BCUT2D eigenvalue weighted by Gasteiger charge is -2.33. The van der Waals surface area contributed by atoms with E-state index in [4.69, 9.17) is 9.47 Å². The van der Waals surface area contributed by atoms with E-state index in [-0.39, 0.29) is 17.8 Å². The highest BCUT2D eigenvalue weighted by atomic mass is 32.2. The van der Waals surface area contributed by atoms with Gasteiger partial charge in [0.2, 0.25) is 5.91 Å². The van der Waals surface area contributed by atoms with E-state index in [1.54, 1.807) is 18.9 Å². The number of hydrogen-bond acceptors (Lipinski definition) is 6. The number of benzene rings is 2. The molecule has 1 amide bonds. The molecule has 0 bridgehead atoms. The van der Waals surface area contributed by atoms with Crippen LogP contribution in [0.3, 0.4) is 0 Å². The van der Waals surface area contributed by atoms with Crippen LogP contribution in [0.5, 0.6) is 5.75 Å². The fourth-order valence-corrected chi connectivity index (χ4v) is 4.60. The molecule has 0 radical (unpaired) electrons. The molecule has 7 heteroatoms. The minimum absolute atomic E-state index is 0.0690. The average molecular weight is 423 g/mol. The van der Waals surface area contributed by atoms with Crippen molar-refractivity contribution in [3.8, 4) is 5.75 Å². The Morgan fingerprint density at radius 2 is 1.83 bits per heavy atom. The maximum atomic E-state index is 13.1. The number of allylic oxidation sites excluding steroid dienone is 1. The van der Waals surface area contributed by atoms with Crippen molar-refractivity contribution in [3.63, 3.8) is 0 Å². The highest BCUT2D eigenvalue weighted by molar-refractivity contribution is 8.15. The molecule has 0 N–H and O–H groups in total. The molecule has 0 saturated carbocycles. The Bertz CT molecular complexity index is 1030. The van der Waals surface area contributed by atoms with Crippen LogP contribution in [0, 0.1) is 0 Å². The van der Waals surface area contributed by atoms with E-state index >= 15 is 0 Å². The van der Waals surface area contributed by atoms with E-state index in [1.165, 1.54) is 11.8 Å². The Morgan fingerprint density at radius 3 is 2.50 bits per heavy atom. The van der Waals surface area contributed by atoms with E-state index in [2.05, 4.69) is 4.99 Å². The van der Waals surface area contributed by atoms with Gasteiger partial charge in [-0.15, -0.1) is 0 Å². The first-order valence-corrected chi connectivity index (χ1v) is 10.5. The van der Waals surface area contributed by atoms with Gasteiger partial charge in [-0.3, -0.25) is 9.69 Å². The van der Waals surface area contributed by atoms with Gasteiger partial charge < -0.3 is 9.47 Å². The molecule has 4 rings (SSSR count). The van der Waals surface area contributed by atoms with Crippen LogP contribution < -0.4 is 4.74 Å². The summed E-state index contributed by atoms with van der Waals surface area (Å²) in [5.74, 6) is 0.158. The molecule has 2 aromatic rings. The number of thioether (sulfide) groups is 1. The van der Waals surface area contributed by atoms with Gasteiger partial charge in [-0.05, 0) is 37.1 Å². The second-order valence-corrected chi connectivity index (χ2v) is 8.41. The van der Waals surface area contributed by atoms with Crippen molar-refractivity contribution >= 4 is 28.8 Å². The molecular formula is C23H22N2O4S. The Balaban J connectivity index is 1.70. The summed E-state index contributed by atoms with van der Waals surface area (Å²) in [5.41, 5.74) is 2.64. The first-order valence-electron chi connectivity index (χ1n) is 9.63. The number of esters is 1. The Morgan fingerprint density at radius 1 is 1.13 bits per heavy atom. The Labute approximate surface area is 179 Å². The maximum Gasteiger partial charge on any atom is 0.338 e. The summed E-state index contributed by atoms with van der Waals surface area (Å²) in [5, 5.41) is 0.363. The lowest BCUT2D eigenvalue weighted by molar-refractivity contribution is -0.141. The predicted molar refractivity (Wildman–Crippen MR) is 116 cm³/mol. The number of amides is 1. The molecule has 2 aliphatic heterocycles. The number of hydrogen-bond donors (Lipinski definition) is 0. The van der Waals surface area contributed by atoms with Crippen LogP contribution in [0.15, 0.2) is 70.9 Å². The summed E-state index contributed by atoms with van der Waals surface area (Å²) >= 11 is 1.41. The molecule has 6 nitrogen and oxygen atoms in total. The lowest BCUT2D eigenvalue weighted by atomic mass is 9.94. The first-order chi connectivity index (χ1) is 14.5. The molecule has 2 aromatic carbocycles. The SMILES string of the molecule is COc1ccc(C2C(C(=O)OCc3ccccc3)=C(C)N=C3SC(C)C(=O)N32)cc1. The molecular weight excluding hydrogens is 400 g/mol. The number of ether oxygens (including phenoxy) is 2. The number of carbonyl (C=O) groups excluding carboxylic acids is 2. The van der Waals surface area contributed by atoms with Crippen LogP contribution in [0.4, 0.5) is 0 Å². The zero-order valence-corrected chi connectivity index (χ0v) is 17.8. The molecule has 2 aliphatic rings. The third-order valence-electron chi connectivity index (χ3n) is 5.12. The number of methoxy groups -OCH3 is 1. The summed E-state index contributed by atoms with van der Waals surface area (Å²) in [7, 11) is 1.60. The molecule has 2 heterocycles. The summed E-state index contributed by atoms with van der Waals surface area (Å²) in [6.45, 7) is 3.79. The molecule has 0 aromatic heterocycles. The standard InChI is InChI=1S/C23H22N2O4S/c1-14-19(22(27)29-13-16-7-5-4-6-8-16)20(17-9-11-18(28-3)12-10-17)25-21(26)15(2)30-23(25)24-14/h4-12,15,20H,13H2,1-3H3. The van der Waals surface area contributed by atoms with Gasteiger partial charge in [0, 0.05) is 0 Å². The molecule has 2 atom stereocenters. The summed E-state index contributed by atoms with van der Waals surface area (Å²) in [6, 6.07) is 16.3. The fraction of sp³-hybridized carbons (Fsp3) is 0.261. The molecule has 1 saturated heterocycles. The highest BCUT2D eigenvalue weighted by Crippen LogP contribution is 2.43. The minimum Gasteiger partial charge on any atom is -0.497 e. The van der Waals surface area contributed by atoms with Crippen molar-refractivity contribution < 1.29 is 19.1 Å². The van der Waals surface area contributed by atoms with E-state index < -0.39 is 12.0 Å². The Hall–Kier alpha value is -3.06. The zero-order chi connectivity index (χ0) is 21.3. The number of carbonyl (C=O) groups is 2. The van der Waals surface area contributed by atoms with Crippen molar-refractivity contribution in [1.82, 2.24) is 4.90 Å². The molecule has 2 unspecified atom stereocenters. The number of nitrogens with zero attached hydrogens (tertiary/aromatic N) is 2. The molecule has 1 fully saturated rings. The molecule has 154 valence electrons. The van der Waals surface area contributed by atoms with Crippen LogP contribution in [-0.4, -0.2) is 34.3 Å². The summed E-state index contributed by atoms with van der Waals surface area (Å²) in [6.07, 6.45) is 0. The quantitative estimate of drug-likeness (QED) is 0.679. The smallest absolute Gasteiger partial charge is 0.338 e. The molecule has 0 aliphatic carbocycles. The number of fused-ring (bicyclic) bond motifs is 1.